The van der Waals surface area contributed by atoms with E-state index in [2.05, 4.69) is 5.32 Å². The van der Waals surface area contributed by atoms with Crippen molar-refractivity contribution in [3.05, 3.63) is 87.9 Å². The zero-order chi connectivity index (χ0) is 39.3. The summed E-state index contributed by atoms with van der Waals surface area (Å²) in [6.07, 6.45) is -5.06. The molecule has 0 unspecified atom stereocenters. The van der Waals surface area contributed by atoms with Crippen LogP contribution in [0.1, 0.15) is 53.2 Å². The maximum Gasteiger partial charge on any atom is 0.418 e. The summed E-state index contributed by atoms with van der Waals surface area (Å²) >= 11 is 6.11. The minimum absolute atomic E-state index is 0.0285. The molecule has 55 heavy (non-hydrogen) atoms. The van der Waals surface area contributed by atoms with Crippen molar-refractivity contribution in [2.24, 2.45) is 0 Å². The number of nitrogens with one attached hydrogen (secondary N) is 1. The number of hydrogen-bond donors (Lipinski definition) is 2. The molecule has 3 N–H and O–H groups in total. The maximum atomic E-state index is 14.1. The minimum atomic E-state index is -4.80. The van der Waals surface area contributed by atoms with E-state index in [0.717, 1.165) is 23.0 Å². The van der Waals surface area contributed by atoms with E-state index in [1.54, 1.807) is 29.2 Å². The molecule has 3 heterocycles. The van der Waals surface area contributed by atoms with Crippen LogP contribution in [0.3, 0.4) is 0 Å². The zero-order valence-electron chi connectivity index (χ0n) is 30.4. The van der Waals surface area contributed by atoms with Gasteiger partial charge in [-0.15, -0.1) is 0 Å². The molecule has 12 nitrogen and oxygen atoms in total. The van der Waals surface area contributed by atoms with Crippen molar-refractivity contribution in [2.45, 2.75) is 57.3 Å². The summed E-state index contributed by atoms with van der Waals surface area (Å²) in [5, 5.41) is 2.64. The number of likely N-dealkylation sites (tertiary alicyclic amines) is 1. The molecule has 294 valence electrons. The number of ether oxygens (including phenoxy) is 2. The van der Waals surface area contributed by atoms with Crippen molar-refractivity contribution in [3.63, 3.8) is 0 Å². The highest BCUT2D eigenvalue weighted by Crippen LogP contribution is 2.38. The quantitative estimate of drug-likeness (QED) is 0.187. The molecule has 16 heteroatoms. The molecular weight excluding hydrogens is 741 g/mol. The van der Waals surface area contributed by atoms with Crippen molar-refractivity contribution in [3.8, 4) is 0 Å². The summed E-state index contributed by atoms with van der Waals surface area (Å²) in [5.74, 6) is -0.964. The molecule has 0 spiro atoms. The van der Waals surface area contributed by atoms with E-state index in [0.29, 0.717) is 57.5 Å². The third-order valence-electron chi connectivity index (χ3n) is 10.2. The third kappa shape index (κ3) is 9.38. The number of esters is 1. The first kappa shape index (κ1) is 39.5. The molecule has 0 saturated carbocycles. The van der Waals surface area contributed by atoms with Crippen LogP contribution in [0.4, 0.5) is 39.8 Å². The number of urea groups is 1. The molecule has 3 aliphatic heterocycles. The van der Waals surface area contributed by atoms with E-state index in [1.165, 1.54) is 15.9 Å². The fourth-order valence-corrected chi connectivity index (χ4v) is 7.43. The lowest BCUT2D eigenvalue weighted by molar-refractivity contribution is -0.141. The minimum Gasteiger partial charge on any atom is -0.462 e. The Hall–Kier alpha value is -5.18. The Kier molecular flexibility index (Phi) is 12.3. The van der Waals surface area contributed by atoms with Crippen LogP contribution < -0.4 is 16.0 Å². The number of nitrogens with zero attached hydrogens (tertiary/aromatic N) is 4. The van der Waals surface area contributed by atoms with Crippen LogP contribution in [0, 0.1) is 0 Å². The topological polar surface area (TPSA) is 138 Å². The highest BCUT2D eigenvalue weighted by atomic mass is 35.5. The van der Waals surface area contributed by atoms with Crippen molar-refractivity contribution >= 4 is 52.7 Å². The lowest BCUT2D eigenvalue weighted by Crippen LogP contribution is -2.54. The number of amides is 4. The second-order valence-electron chi connectivity index (χ2n) is 13.9. The Labute approximate surface area is 322 Å². The number of piperazine rings is 1. The van der Waals surface area contributed by atoms with E-state index in [1.807, 2.05) is 36.1 Å². The maximum absolute atomic E-state index is 14.1. The molecule has 4 amide bonds. The summed E-state index contributed by atoms with van der Waals surface area (Å²) < 4.78 is 52.6. The summed E-state index contributed by atoms with van der Waals surface area (Å²) in [7, 11) is 0. The number of hydrogen-bond acceptors (Lipinski definition) is 8. The Morgan fingerprint density at radius 2 is 1.64 bits per heavy atom. The number of halogens is 4. The van der Waals surface area contributed by atoms with Gasteiger partial charge in [0.15, 0.2) is 6.10 Å². The number of rotatable bonds is 9. The van der Waals surface area contributed by atoms with Crippen molar-refractivity contribution in [1.29, 1.82) is 0 Å². The predicted octanol–water partition coefficient (Wildman–Crippen LogP) is 6.46. The smallest absolute Gasteiger partial charge is 0.418 e. The number of nitrogens with two attached hydrogens (primary N) is 1. The highest BCUT2D eigenvalue weighted by molar-refractivity contribution is 6.33. The number of benzene rings is 3. The Morgan fingerprint density at radius 1 is 0.945 bits per heavy atom. The Balaban J connectivity index is 1.12. The SMILES string of the molecule is CCCOC(=O)c1ccc(N2CCN(C(=O)[C@@H](Cc3cc(Cl)c(N)c(C(F)(F)F)c3)OC(=O)N3CCC(N4CCc5ccccc5NC4=O)CC3)CC2)cc1. The van der Waals surface area contributed by atoms with E-state index < -0.39 is 41.5 Å². The first-order valence-corrected chi connectivity index (χ1v) is 18.8. The van der Waals surface area contributed by atoms with Crippen LogP contribution in [-0.4, -0.2) is 103 Å². The number of carbonyl (C=O) groups is 4. The molecule has 6 rings (SSSR count). The number of fused-ring (bicyclic) bond motifs is 1. The normalized spacial score (nSPS) is 17.2. The predicted molar refractivity (Wildman–Crippen MR) is 201 cm³/mol. The molecule has 3 aromatic carbocycles. The first-order valence-electron chi connectivity index (χ1n) is 18.4. The van der Waals surface area contributed by atoms with Crippen LogP contribution in [0.25, 0.3) is 0 Å². The molecule has 2 fully saturated rings. The number of nitrogen functional groups attached to an aromatic ring is 1. The molecule has 3 aliphatic rings. The van der Waals surface area contributed by atoms with Gasteiger partial charge in [-0.05, 0) is 79.3 Å². The third-order valence-corrected chi connectivity index (χ3v) is 10.5. The zero-order valence-corrected chi connectivity index (χ0v) is 31.2. The van der Waals surface area contributed by atoms with Gasteiger partial charge in [0, 0.05) is 69.7 Å². The van der Waals surface area contributed by atoms with Gasteiger partial charge in [0.2, 0.25) is 0 Å². The highest BCUT2D eigenvalue weighted by Gasteiger charge is 2.38. The number of alkyl halides is 3. The van der Waals surface area contributed by atoms with E-state index in [9.17, 15) is 32.3 Å². The van der Waals surface area contributed by atoms with E-state index in [4.69, 9.17) is 26.8 Å². The lowest BCUT2D eigenvalue weighted by Gasteiger charge is -2.39. The van der Waals surface area contributed by atoms with Crippen LogP contribution in [0.15, 0.2) is 60.7 Å². The Morgan fingerprint density at radius 3 is 2.31 bits per heavy atom. The van der Waals surface area contributed by atoms with Crippen LogP contribution in [0.2, 0.25) is 5.02 Å². The lowest BCUT2D eigenvalue weighted by atomic mass is 10.0. The molecular formula is C39H44ClF3N6O6. The molecule has 0 aromatic heterocycles. The summed E-state index contributed by atoms with van der Waals surface area (Å²) in [5.41, 5.74) is 6.99. The van der Waals surface area contributed by atoms with Gasteiger partial charge in [-0.1, -0.05) is 36.7 Å². The number of carbonyl (C=O) groups excluding carboxylic acids is 4. The van der Waals surface area contributed by atoms with E-state index >= 15 is 0 Å². The summed E-state index contributed by atoms with van der Waals surface area (Å²) in [4.78, 5) is 59.8. The largest absolute Gasteiger partial charge is 0.462 e. The van der Waals surface area contributed by atoms with Gasteiger partial charge in [-0.3, -0.25) is 4.79 Å². The van der Waals surface area contributed by atoms with Gasteiger partial charge in [-0.25, -0.2) is 14.4 Å². The van der Waals surface area contributed by atoms with Crippen molar-refractivity contribution < 1.29 is 41.8 Å². The Bertz CT molecular complexity index is 1880. The van der Waals surface area contributed by atoms with Gasteiger partial charge < -0.3 is 40.1 Å². The molecule has 0 aliphatic carbocycles. The number of anilines is 3. The first-order chi connectivity index (χ1) is 26.3. The van der Waals surface area contributed by atoms with Crippen molar-refractivity contribution in [1.82, 2.24) is 14.7 Å². The average Bonchev–Trinajstić information content (AvgIpc) is 3.35. The molecule has 3 aromatic rings. The van der Waals surface area contributed by atoms with Gasteiger partial charge in [0.25, 0.3) is 5.91 Å². The van der Waals surface area contributed by atoms with Crippen LogP contribution >= 0.6 is 11.6 Å². The monoisotopic (exact) mass is 784 g/mol. The van der Waals surface area contributed by atoms with Crippen LogP contribution in [0.5, 0.6) is 0 Å². The fraction of sp³-hybridized carbons (Fsp3) is 0.436. The van der Waals surface area contributed by atoms with Crippen molar-refractivity contribution in [2.75, 3.05) is 68.4 Å². The number of piperidine rings is 1. The number of para-hydroxylation sites is 1. The van der Waals surface area contributed by atoms with E-state index in [-0.39, 0.29) is 55.3 Å². The summed E-state index contributed by atoms with van der Waals surface area (Å²) in [6, 6.07) is 16.3. The molecule has 0 bridgehead atoms. The standard InChI is InChI=1S/C39H44ClF3N6O6/c1-2-21-54-36(51)27-7-9-28(10-8-27)46-17-19-47(20-18-46)35(50)33(24-25-22-30(39(41,42)43)34(44)31(40)23-25)55-38(53)48-14-12-29(13-15-48)49-16-11-26-5-3-4-6-32(26)45-37(49)52/h3-10,22-23,29,33H,2,11-21,24,44H2,1H3,(H,45,52)/t33-/m1/s1. The second-order valence-corrected chi connectivity index (χ2v) is 14.3. The van der Waals surface area contributed by atoms with Crippen LogP contribution in [-0.2, 0) is 33.3 Å². The summed E-state index contributed by atoms with van der Waals surface area (Å²) in [6.45, 7) is 4.59. The molecule has 1 atom stereocenters. The van der Waals surface area contributed by atoms with Gasteiger partial charge in [0.05, 0.1) is 28.4 Å². The molecule has 2 saturated heterocycles. The van der Waals surface area contributed by atoms with Gasteiger partial charge >= 0.3 is 24.3 Å². The van der Waals surface area contributed by atoms with Gasteiger partial charge in [0.1, 0.15) is 0 Å². The fourth-order valence-electron chi connectivity index (χ4n) is 7.19. The van der Waals surface area contributed by atoms with Gasteiger partial charge in [-0.2, -0.15) is 13.2 Å². The average molecular weight is 785 g/mol. The second kappa shape index (κ2) is 17.1. The molecule has 0 radical (unpaired) electrons.